The molecule has 0 heterocycles. The van der Waals surface area contributed by atoms with E-state index in [-0.39, 0.29) is 28.1 Å². The van der Waals surface area contributed by atoms with Gasteiger partial charge >= 0.3 is 5.97 Å². The predicted molar refractivity (Wildman–Crippen MR) is 115 cm³/mol. The van der Waals surface area contributed by atoms with E-state index in [2.05, 4.69) is 35.1 Å². The lowest BCUT2D eigenvalue weighted by Gasteiger charge is -2.13. The van der Waals surface area contributed by atoms with Crippen molar-refractivity contribution in [2.24, 2.45) is 5.92 Å². The molecule has 0 aliphatic rings. The van der Waals surface area contributed by atoms with Gasteiger partial charge in [-0.3, -0.25) is 9.59 Å². The molecule has 0 saturated heterocycles. The second-order valence-corrected chi connectivity index (χ2v) is 8.35. The maximum absolute atomic E-state index is 12.0. The first-order valence-corrected chi connectivity index (χ1v) is 10.2. The topological polar surface area (TPSA) is 75.6 Å². The van der Waals surface area contributed by atoms with Gasteiger partial charge in [0.1, 0.15) is 5.75 Å². The first kappa shape index (κ1) is 22.5. The molecule has 0 atom stereocenters. The summed E-state index contributed by atoms with van der Waals surface area (Å²) in [5.74, 6) is 0.125. The molecule has 1 amide bonds. The number of carbonyl (C=O) groups excluding carboxylic acids is 1. The molecule has 2 aromatic rings. The number of halogens is 3. The number of hydrogen-bond donors (Lipinski definition) is 2. The maximum Gasteiger partial charge on any atom is 0.307 e. The van der Waals surface area contributed by atoms with E-state index in [9.17, 15) is 9.59 Å². The van der Waals surface area contributed by atoms with E-state index in [0.29, 0.717) is 33.8 Å². The first-order valence-electron chi connectivity index (χ1n) is 8.62. The summed E-state index contributed by atoms with van der Waals surface area (Å²) < 4.78 is 6.42. The minimum atomic E-state index is -0.976. The molecular weight excluding hydrogens is 469 g/mol. The number of rotatable bonds is 8. The summed E-state index contributed by atoms with van der Waals surface area (Å²) in [5, 5.41) is 12.2. The number of carbonyl (C=O) groups is 2. The summed E-state index contributed by atoms with van der Waals surface area (Å²) in [4.78, 5) is 22.8. The van der Waals surface area contributed by atoms with Crippen molar-refractivity contribution < 1.29 is 19.4 Å². The van der Waals surface area contributed by atoms with Gasteiger partial charge in [-0.05, 0) is 64.2 Å². The van der Waals surface area contributed by atoms with E-state index in [4.69, 9.17) is 33.0 Å². The van der Waals surface area contributed by atoms with E-state index < -0.39 is 5.97 Å². The van der Waals surface area contributed by atoms with E-state index in [0.717, 1.165) is 6.42 Å². The number of benzene rings is 2. The van der Waals surface area contributed by atoms with Crippen LogP contribution in [0, 0.1) is 5.92 Å². The number of anilines is 1. The molecule has 0 radical (unpaired) electrons. The van der Waals surface area contributed by atoms with Crippen LogP contribution >= 0.6 is 39.1 Å². The zero-order valence-electron chi connectivity index (χ0n) is 15.4. The summed E-state index contributed by atoms with van der Waals surface area (Å²) in [6.07, 6.45) is 1.09. The third kappa shape index (κ3) is 6.69. The van der Waals surface area contributed by atoms with Crippen LogP contribution in [0.25, 0.3) is 0 Å². The van der Waals surface area contributed by atoms with Gasteiger partial charge in [0.25, 0.3) is 0 Å². The van der Waals surface area contributed by atoms with Crippen LogP contribution < -0.4 is 10.1 Å². The number of nitrogens with one attached hydrogen (secondary N) is 1. The summed E-state index contributed by atoms with van der Waals surface area (Å²) >= 11 is 15.8. The van der Waals surface area contributed by atoms with E-state index in [1.54, 1.807) is 18.2 Å². The zero-order valence-corrected chi connectivity index (χ0v) is 18.5. The molecule has 0 unspecified atom stereocenters. The molecule has 0 saturated carbocycles. The van der Waals surface area contributed by atoms with Crippen molar-refractivity contribution in [3.05, 3.63) is 50.4 Å². The van der Waals surface area contributed by atoms with E-state index in [1.807, 2.05) is 0 Å². The molecule has 150 valence electrons. The van der Waals surface area contributed by atoms with Crippen molar-refractivity contribution in [1.82, 2.24) is 0 Å². The highest BCUT2D eigenvalue weighted by Crippen LogP contribution is 2.39. The molecule has 5 nitrogen and oxygen atoms in total. The lowest BCUT2D eigenvalue weighted by Crippen LogP contribution is -2.12. The van der Waals surface area contributed by atoms with Gasteiger partial charge in [-0.15, -0.1) is 0 Å². The van der Waals surface area contributed by atoms with E-state index >= 15 is 0 Å². The molecule has 2 aromatic carbocycles. The highest BCUT2D eigenvalue weighted by molar-refractivity contribution is 9.10. The molecule has 8 heteroatoms. The van der Waals surface area contributed by atoms with Gasteiger partial charge < -0.3 is 15.2 Å². The second kappa shape index (κ2) is 10.1. The molecule has 0 aliphatic carbocycles. The van der Waals surface area contributed by atoms with Crippen molar-refractivity contribution in [2.75, 3.05) is 5.32 Å². The van der Waals surface area contributed by atoms with Crippen LogP contribution in [0.2, 0.25) is 10.0 Å². The summed E-state index contributed by atoms with van der Waals surface area (Å²) in [6.45, 7) is 4.14. The first-order chi connectivity index (χ1) is 13.2. The third-order valence-electron chi connectivity index (χ3n) is 3.80. The minimum Gasteiger partial charge on any atom is -0.481 e. The number of ether oxygens (including phenoxy) is 1. The Kier molecular flexibility index (Phi) is 8.16. The van der Waals surface area contributed by atoms with Crippen molar-refractivity contribution in [3.63, 3.8) is 0 Å². The normalized spacial score (nSPS) is 10.8. The Hall–Kier alpha value is -1.76. The third-order valence-corrected chi connectivity index (χ3v) is 5.01. The van der Waals surface area contributed by atoms with E-state index in [1.165, 1.54) is 12.1 Å². The van der Waals surface area contributed by atoms with Crippen LogP contribution in [0.1, 0.15) is 32.3 Å². The second-order valence-electron chi connectivity index (χ2n) is 6.68. The number of carboxylic acid groups (broad SMARTS) is 1. The van der Waals surface area contributed by atoms with Crippen molar-refractivity contribution >= 4 is 56.7 Å². The average molecular weight is 489 g/mol. The Labute approximate surface area is 182 Å². The van der Waals surface area contributed by atoms with Gasteiger partial charge in [-0.1, -0.05) is 37.0 Å². The van der Waals surface area contributed by atoms with Gasteiger partial charge in [-0.25, -0.2) is 0 Å². The monoisotopic (exact) mass is 487 g/mol. The highest BCUT2D eigenvalue weighted by Gasteiger charge is 2.14. The molecule has 0 fully saturated rings. The van der Waals surface area contributed by atoms with Crippen molar-refractivity contribution in [3.8, 4) is 11.5 Å². The maximum atomic E-state index is 12.0. The fraction of sp³-hybridized carbons (Fsp3) is 0.300. The Bertz CT molecular complexity index is 863. The van der Waals surface area contributed by atoms with Gasteiger partial charge in [0.2, 0.25) is 5.91 Å². The summed E-state index contributed by atoms with van der Waals surface area (Å²) in [5.41, 5.74) is 1.12. The number of aliphatic carboxylic acids is 1. The lowest BCUT2D eigenvalue weighted by atomic mass is 10.1. The highest BCUT2D eigenvalue weighted by atomic mass is 79.9. The smallest absolute Gasteiger partial charge is 0.307 e. The fourth-order valence-corrected chi connectivity index (χ4v) is 3.46. The molecule has 0 aromatic heterocycles. The number of hydrogen-bond acceptors (Lipinski definition) is 3. The Morgan fingerprint density at radius 3 is 2.36 bits per heavy atom. The molecule has 2 N–H and O–H groups in total. The quantitative estimate of drug-likeness (QED) is 0.441. The molecule has 0 spiro atoms. The molecule has 2 rings (SSSR count). The van der Waals surface area contributed by atoms with Crippen molar-refractivity contribution in [1.29, 1.82) is 0 Å². The van der Waals surface area contributed by atoms with Crippen LogP contribution in [0.5, 0.6) is 11.5 Å². The van der Waals surface area contributed by atoms with Crippen LogP contribution in [0.4, 0.5) is 5.69 Å². The largest absolute Gasteiger partial charge is 0.481 e. The molecular formula is C20H20BrCl2NO4. The lowest BCUT2D eigenvalue weighted by molar-refractivity contribution is -0.136. The van der Waals surface area contributed by atoms with Crippen molar-refractivity contribution in [2.45, 2.75) is 33.1 Å². The zero-order chi connectivity index (χ0) is 20.8. The SMILES string of the molecule is CC(C)CCC(=O)Nc1ccc(Oc2c(Cl)cc(CC(=O)O)cc2Cl)cc1Br. The van der Waals surface area contributed by atoms with Crippen LogP contribution in [-0.2, 0) is 16.0 Å². The molecule has 0 aliphatic heterocycles. The summed E-state index contributed by atoms with van der Waals surface area (Å²) in [6, 6.07) is 8.11. The number of amides is 1. The predicted octanol–water partition coefficient (Wildman–Crippen LogP) is 6.55. The van der Waals surface area contributed by atoms with Crippen LogP contribution in [0.15, 0.2) is 34.8 Å². The van der Waals surface area contributed by atoms with Gasteiger partial charge in [0.05, 0.1) is 22.2 Å². The Morgan fingerprint density at radius 2 is 1.82 bits per heavy atom. The minimum absolute atomic E-state index is 0.0526. The fourth-order valence-electron chi connectivity index (χ4n) is 2.40. The summed E-state index contributed by atoms with van der Waals surface area (Å²) in [7, 11) is 0. The van der Waals surface area contributed by atoms with Gasteiger partial charge in [0, 0.05) is 10.9 Å². The Morgan fingerprint density at radius 1 is 1.18 bits per heavy atom. The van der Waals surface area contributed by atoms with Gasteiger partial charge in [0.15, 0.2) is 5.75 Å². The average Bonchev–Trinajstić information content (AvgIpc) is 2.58. The number of carboxylic acids is 1. The molecule has 28 heavy (non-hydrogen) atoms. The van der Waals surface area contributed by atoms with Crippen LogP contribution in [0.3, 0.4) is 0 Å². The molecule has 0 bridgehead atoms. The Balaban J connectivity index is 2.12. The van der Waals surface area contributed by atoms with Crippen LogP contribution in [-0.4, -0.2) is 17.0 Å². The standard InChI is InChI=1S/C20H20BrCl2NO4/c1-11(2)3-6-18(25)24-17-5-4-13(10-14(17)21)28-20-15(22)7-12(8-16(20)23)9-19(26)27/h4-5,7-8,10-11H,3,6,9H2,1-2H3,(H,24,25)(H,26,27). The van der Waals surface area contributed by atoms with Gasteiger partial charge in [-0.2, -0.15) is 0 Å².